The highest BCUT2D eigenvalue weighted by molar-refractivity contribution is 5.94. The number of ether oxygens (including phenoxy) is 1. The summed E-state index contributed by atoms with van der Waals surface area (Å²) in [4.78, 5) is 28.6. The Hall–Kier alpha value is -3.81. The van der Waals surface area contributed by atoms with E-state index in [9.17, 15) is 28.0 Å². The topological polar surface area (TPSA) is 102 Å². The molecule has 1 amide bonds. The van der Waals surface area contributed by atoms with E-state index in [1.807, 2.05) is 18.4 Å². The van der Waals surface area contributed by atoms with Gasteiger partial charge in [-0.05, 0) is 44.4 Å². The van der Waals surface area contributed by atoms with Gasteiger partial charge in [0, 0.05) is 11.7 Å². The highest BCUT2D eigenvalue weighted by Crippen LogP contribution is 2.37. The van der Waals surface area contributed by atoms with Crippen LogP contribution in [-0.2, 0) is 27.0 Å². The molecule has 2 heterocycles. The first-order valence-corrected chi connectivity index (χ1v) is 11.2. The highest BCUT2D eigenvalue weighted by atomic mass is 19.4. The summed E-state index contributed by atoms with van der Waals surface area (Å²) in [7, 11) is 0. The van der Waals surface area contributed by atoms with Crippen molar-refractivity contribution in [1.29, 1.82) is 5.26 Å². The van der Waals surface area contributed by atoms with E-state index in [2.05, 4.69) is 16.4 Å². The van der Waals surface area contributed by atoms with E-state index in [1.165, 1.54) is 18.2 Å². The average molecular weight is 487 g/mol. The van der Waals surface area contributed by atoms with Crippen molar-refractivity contribution in [3.8, 4) is 6.07 Å². The molecule has 1 aliphatic rings. The minimum Gasteiger partial charge on any atom is -0.454 e. The Balaban J connectivity index is 1.48. The van der Waals surface area contributed by atoms with Gasteiger partial charge in [0.2, 0.25) is 5.82 Å². The van der Waals surface area contributed by atoms with Crippen LogP contribution in [0.5, 0.6) is 0 Å². The van der Waals surface area contributed by atoms with Gasteiger partial charge in [0.15, 0.2) is 6.61 Å². The van der Waals surface area contributed by atoms with Gasteiger partial charge < -0.3 is 19.2 Å². The number of nitriles is 1. The number of benzene rings is 1. The van der Waals surface area contributed by atoms with Gasteiger partial charge >= 0.3 is 12.1 Å². The molecule has 1 N–H and O–H groups in total. The number of aromatic nitrogens is 3. The number of hydrogen-bond acceptors (Lipinski definition) is 5. The molecular weight excluding hydrogens is 463 g/mol. The SMILES string of the molecule is Cc1c(C#N)c(NC(=O)COC(=O)Cn2c(C(F)(F)F)nc3ccccc32)n(C2CCCC2)c1C. The lowest BCUT2D eigenvalue weighted by Crippen LogP contribution is -2.26. The Bertz CT molecular complexity index is 1330. The Morgan fingerprint density at radius 1 is 1.23 bits per heavy atom. The fourth-order valence-electron chi connectivity index (χ4n) is 4.65. The molecule has 1 aliphatic carbocycles. The lowest BCUT2D eigenvalue weighted by Gasteiger charge is -2.19. The number of carbonyl (C=O) groups is 2. The summed E-state index contributed by atoms with van der Waals surface area (Å²) in [5.41, 5.74) is 2.20. The predicted molar refractivity (Wildman–Crippen MR) is 120 cm³/mol. The molecule has 0 spiro atoms. The normalized spacial score (nSPS) is 14.3. The summed E-state index contributed by atoms with van der Waals surface area (Å²) in [5.74, 6) is -2.57. The van der Waals surface area contributed by atoms with Crippen molar-refractivity contribution in [2.45, 2.75) is 58.3 Å². The van der Waals surface area contributed by atoms with Crippen LogP contribution in [0.4, 0.5) is 19.0 Å². The van der Waals surface area contributed by atoms with Crippen molar-refractivity contribution in [2.24, 2.45) is 0 Å². The van der Waals surface area contributed by atoms with E-state index < -0.39 is 37.0 Å². The zero-order chi connectivity index (χ0) is 25.3. The molecule has 0 aliphatic heterocycles. The molecule has 35 heavy (non-hydrogen) atoms. The zero-order valence-corrected chi connectivity index (χ0v) is 19.3. The van der Waals surface area contributed by atoms with E-state index >= 15 is 0 Å². The van der Waals surface area contributed by atoms with Gasteiger partial charge in [-0.2, -0.15) is 18.4 Å². The van der Waals surface area contributed by atoms with Crippen molar-refractivity contribution >= 4 is 28.7 Å². The summed E-state index contributed by atoms with van der Waals surface area (Å²) in [5, 5.41) is 12.3. The van der Waals surface area contributed by atoms with Gasteiger partial charge in [0.25, 0.3) is 5.91 Å². The number of esters is 1. The smallest absolute Gasteiger partial charge is 0.449 e. The van der Waals surface area contributed by atoms with Gasteiger partial charge in [0.1, 0.15) is 18.4 Å². The molecule has 0 radical (unpaired) electrons. The molecule has 0 saturated heterocycles. The number of carbonyl (C=O) groups excluding carboxylic acids is 2. The summed E-state index contributed by atoms with van der Waals surface area (Å²) in [6.45, 7) is 2.23. The van der Waals surface area contributed by atoms with Crippen LogP contribution in [0.3, 0.4) is 0 Å². The number of halogens is 3. The van der Waals surface area contributed by atoms with E-state index in [1.54, 1.807) is 6.07 Å². The molecule has 8 nitrogen and oxygen atoms in total. The summed E-state index contributed by atoms with van der Waals surface area (Å²) in [6, 6.07) is 8.20. The number of alkyl halides is 3. The number of imidazole rings is 1. The number of anilines is 1. The molecule has 3 aromatic rings. The number of nitrogens with one attached hydrogen (secondary N) is 1. The standard InChI is InChI=1S/C24H24F3N5O3/c1-14-15(2)32(16-7-3-4-8-16)22(17(14)11-28)30-20(33)13-35-21(34)12-31-19-10-6-5-9-18(19)29-23(31)24(25,26)27/h5-6,9-10,16H,3-4,7-8,12-13H2,1-2H3,(H,30,33). The number of nitrogens with zero attached hydrogens (tertiary/aromatic N) is 4. The molecule has 0 atom stereocenters. The largest absolute Gasteiger partial charge is 0.454 e. The van der Waals surface area contributed by atoms with E-state index in [4.69, 9.17) is 4.74 Å². The Morgan fingerprint density at radius 2 is 1.91 bits per heavy atom. The van der Waals surface area contributed by atoms with Gasteiger partial charge in [-0.25, -0.2) is 4.98 Å². The third kappa shape index (κ3) is 4.73. The van der Waals surface area contributed by atoms with Crippen molar-refractivity contribution in [2.75, 3.05) is 11.9 Å². The molecular formula is C24H24F3N5O3. The lowest BCUT2D eigenvalue weighted by molar-refractivity contribution is -0.152. The van der Waals surface area contributed by atoms with Crippen LogP contribution in [0, 0.1) is 25.2 Å². The molecule has 11 heteroatoms. The van der Waals surface area contributed by atoms with E-state index in [0.717, 1.165) is 41.5 Å². The van der Waals surface area contributed by atoms with Crippen molar-refractivity contribution in [1.82, 2.24) is 14.1 Å². The molecule has 1 saturated carbocycles. The third-order valence-corrected chi connectivity index (χ3v) is 6.38. The summed E-state index contributed by atoms with van der Waals surface area (Å²) >= 11 is 0. The maximum Gasteiger partial charge on any atom is 0.449 e. The van der Waals surface area contributed by atoms with Crippen molar-refractivity contribution in [3.05, 3.63) is 46.9 Å². The summed E-state index contributed by atoms with van der Waals surface area (Å²) in [6.07, 6.45) is -0.809. The van der Waals surface area contributed by atoms with Crippen LogP contribution in [0.25, 0.3) is 11.0 Å². The second-order valence-corrected chi connectivity index (χ2v) is 8.57. The van der Waals surface area contributed by atoms with Crippen LogP contribution in [0.15, 0.2) is 24.3 Å². The van der Waals surface area contributed by atoms with Crippen LogP contribution in [0.2, 0.25) is 0 Å². The van der Waals surface area contributed by atoms with E-state index in [-0.39, 0.29) is 17.1 Å². The van der Waals surface area contributed by atoms with Crippen LogP contribution >= 0.6 is 0 Å². The maximum absolute atomic E-state index is 13.4. The first-order chi connectivity index (χ1) is 16.6. The number of hydrogen-bond donors (Lipinski definition) is 1. The second-order valence-electron chi connectivity index (χ2n) is 8.57. The second kappa shape index (κ2) is 9.44. The maximum atomic E-state index is 13.4. The Labute approximate surface area is 199 Å². The molecule has 0 bridgehead atoms. The number of para-hydroxylation sites is 2. The Kier molecular flexibility index (Phi) is 6.56. The molecule has 0 unspecified atom stereocenters. The van der Waals surface area contributed by atoms with Crippen LogP contribution < -0.4 is 5.32 Å². The van der Waals surface area contributed by atoms with Gasteiger partial charge in [0.05, 0.1) is 16.6 Å². The predicted octanol–water partition coefficient (Wildman–Crippen LogP) is 4.64. The van der Waals surface area contributed by atoms with Gasteiger partial charge in [-0.1, -0.05) is 25.0 Å². The zero-order valence-electron chi connectivity index (χ0n) is 19.3. The Morgan fingerprint density at radius 3 is 2.57 bits per heavy atom. The molecule has 4 rings (SSSR count). The van der Waals surface area contributed by atoms with Crippen molar-refractivity contribution < 1.29 is 27.5 Å². The fourth-order valence-corrected chi connectivity index (χ4v) is 4.65. The lowest BCUT2D eigenvalue weighted by atomic mass is 10.2. The molecule has 184 valence electrons. The number of amides is 1. The van der Waals surface area contributed by atoms with Crippen LogP contribution in [-0.4, -0.2) is 32.6 Å². The number of rotatable bonds is 6. The molecule has 1 aromatic carbocycles. The molecule has 1 fully saturated rings. The summed E-state index contributed by atoms with van der Waals surface area (Å²) < 4.78 is 48.0. The average Bonchev–Trinajstić information content (AvgIpc) is 3.51. The minimum atomic E-state index is -4.77. The first-order valence-electron chi connectivity index (χ1n) is 11.2. The third-order valence-electron chi connectivity index (χ3n) is 6.38. The van der Waals surface area contributed by atoms with Crippen LogP contribution in [0.1, 0.15) is 54.4 Å². The monoisotopic (exact) mass is 487 g/mol. The fraction of sp³-hybridized carbons (Fsp3) is 0.417. The van der Waals surface area contributed by atoms with Gasteiger partial charge in [-0.3, -0.25) is 9.59 Å². The first kappa shape index (κ1) is 24.3. The van der Waals surface area contributed by atoms with Gasteiger partial charge in [-0.15, -0.1) is 0 Å². The van der Waals surface area contributed by atoms with E-state index in [0.29, 0.717) is 11.4 Å². The highest BCUT2D eigenvalue weighted by Gasteiger charge is 2.38. The van der Waals surface area contributed by atoms with Crippen molar-refractivity contribution in [3.63, 3.8) is 0 Å². The molecule has 2 aromatic heterocycles. The minimum absolute atomic E-state index is 0.0906. The number of fused-ring (bicyclic) bond motifs is 1. The quantitative estimate of drug-likeness (QED) is 0.511.